The Morgan fingerprint density at radius 3 is 2.59 bits per heavy atom. The molecule has 0 spiro atoms. The summed E-state index contributed by atoms with van der Waals surface area (Å²) < 4.78 is 43.7. The molecule has 3 rings (SSSR count). The summed E-state index contributed by atoms with van der Waals surface area (Å²) in [6, 6.07) is 15.5. The van der Waals surface area contributed by atoms with E-state index in [4.69, 9.17) is 9.99 Å². The SMILES string of the molecule is COC(=O)CCCCCC1(C)C(/C=C/C=C/Nc2ccccc2)=[N+](CCCS(=O)(=O)O)c2ccc(SOOO)cc21. The molecule has 222 valence electrons. The Morgan fingerprint density at radius 1 is 1.10 bits per heavy atom. The Bertz CT molecular complexity index is 1360. The van der Waals surface area contributed by atoms with E-state index in [9.17, 15) is 17.8 Å². The van der Waals surface area contributed by atoms with Crippen LogP contribution < -0.4 is 5.32 Å². The number of anilines is 1. The van der Waals surface area contributed by atoms with Crippen LogP contribution in [0.25, 0.3) is 0 Å². The van der Waals surface area contributed by atoms with E-state index in [-0.39, 0.29) is 18.1 Å². The summed E-state index contributed by atoms with van der Waals surface area (Å²) in [4.78, 5) is 12.3. The van der Waals surface area contributed by atoms with Crippen molar-refractivity contribution in [3.8, 4) is 0 Å². The van der Waals surface area contributed by atoms with Crippen molar-refractivity contribution in [1.29, 1.82) is 0 Å². The molecule has 0 bridgehead atoms. The number of methoxy groups -OCH3 is 1. The number of nitrogens with one attached hydrogen (secondary N) is 1. The maximum Gasteiger partial charge on any atom is 0.305 e. The Balaban J connectivity index is 1.93. The Morgan fingerprint density at radius 2 is 1.88 bits per heavy atom. The van der Waals surface area contributed by atoms with Crippen molar-refractivity contribution in [3.05, 3.63) is 78.5 Å². The zero-order valence-electron chi connectivity index (χ0n) is 23.2. The minimum Gasteiger partial charge on any atom is -0.469 e. The number of allylic oxidation sites excluding steroid dienone is 3. The molecule has 3 N–H and O–H groups in total. The number of unbranched alkanes of at least 4 members (excludes halogenated alkanes) is 2. The van der Waals surface area contributed by atoms with Gasteiger partial charge in [0.05, 0.1) is 30.3 Å². The van der Waals surface area contributed by atoms with Crippen LogP contribution in [0.1, 0.15) is 51.0 Å². The van der Waals surface area contributed by atoms with Crippen molar-refractivity contribution < 1.29 is 41.7 Å². The lowest BCUT2D eigenvalue weighted by molar-refractivity contribution is -0.437. The van der Waals surface area contributed by atoms with Crippen LogP contribution in [0, 0.1) is 0 Å². The van der Waals surface area contributed by atoms with Gasteiger partial charge in [0.1, 0.15) is 6.54 Å². The molecule has 1 heterocycles. The van der Waals surface area contributed by atoms with Crippen molar-refractivity contribution in [3.63, 3.8) is 0 Å². The van der Waals surface area contributed by atoms with Gasteiger partial charge in [-0.25, -0.2) is 5.26 Å². The fourth-order valence-electron chi connectivity index (χ4n) is 4.95. The number of esters is 1. The minimum absolute atomic E-state index is 0.230. The van der Waals surface area contributed by atoms with Gasteiger partial charge in [0.15, 0.2) is 5.71 Å². The predicted molar refractivity (Wildman–Crippen MR) is 159 cm³/mol. The summed E-state index contributed by atoms with van der Waals surface area (Å²) >= 11 is 0.870. The molecular formula is C29H37N2O8S2+. The van der Waals surface area contributed by atoms with E-state index in [1.54, 1.807) is 0 Å². The quantitative estimate of drug-likeness (QED) is 0.0286. The van der Waals surface area contributed by atoms with Gasteiger partial charge in [-0.15, -0.1) is 4.33 Å². The lowest BCUT2D eigenvalue weighted by Gasteiger charge is -2.23. The second kappa shape index (κ2) is 15.9. The first kappa shape index (κ1) is 32.5. The number of ether oxygens (including phenoxy) is 1. The van der Waals surface area contributed by atoms with Crippen molar-refractivity contribution >= 4 is 45.2 Å². The van der Waals surface area contributed by atoms with Crippen molar-refractivity contribution in [2.75, 3.05) is 24.7 Å². The van der Waals surface area contributed by atoms with Crippen molar-refractivity contribution in [2.45, 2.75) is 55.8 Å². The van der Waals surface area contributed by atoms with Gasteiger partial charge in [-0.2, -0.15) is 13.0 Å². The highest BCUT2D eigenvalue weighted by atomic mass is 32.2. The first-order chi connectivity index (χ1) is 19.7. The average molecular weight is 606 g/mol. The molecule has 0 fully saturated rings. The maximum absolute atomic E-state index is 11.6. The normalized spacial score (nSPS) is 17.0. The van der Waals surface area contributed by atoms with E-state index in [0.717, 1.165) is 54.0 Å². The third kappa shape index (κ3) is 9.80. The average Bonchev–Trinajstić information content (AvgIpc) is 3.18. The van der Waals surface area contributed by atoms with Crippen LogP contribution in [0.3, 0.4) is 0 Å². The van der Waals surface area contributed by atoms with Crippen LogP contribution in [0.2, 0.25) is 0 Å². The van der Waals surface area contributed by atoms with Gasteiger partial charge < -0.3 is 10.1 Å². The zero-order chi connectivity index (χ0) is 29.7. The standard InChI is InChI=1S/C29H36N2O8S2/c1-29(18-9-4-7-15-28(32)37-2)25-22-24(40-39-38-33)16-17-26(25)31(20-11-21-41(34,35)36)27(29)14-8-10-19-30-23-12-5-3-6-13-23/h3,5-6,8,10,12-14,16-17,19,22H,4,7,9,11,15,18,20-21H2,1-2H3,(H2,33,34,35,36)/p+1. The van der Waals surface area contributed by atoms with E-state index in [1.165, 1.54) is 7.11 Å². The van der Waals surface area contributed by atoms with E-state index in [1.807, 2.05) is 73.0 Å². The fourth-order valence-corrected chi connectivity index (χ4v) is 5.85. The molecule has 1 unspecified atom stereocenters. The maximum atomic E-state index is 11.6. The molecule has 0 aromatic heterocycles. The second-order valence-electron chi connectivity index (χ2n) is 9.78. The summed E-state index contributed by atoms with van der Waals surface area (Å²) in [5.41, 5.74) is 3.39. The first-order valence-electron chi connectivity index (χ1n) is 13.3. The highest BCUT2D eigenvalue weighted by molar-refractivity contribution is 7.94. The van der Waals surface area contributed by atoms with Gasteiger partial charge in [-0.1, -0.05) is 42.2 Å². The third-order valence-electron chi connectivity index (χ3n) is 6.92. The molecule has 10 nitrogen and oxygen atoms in total. The number of hydrogen-bond donors (Lipinski definition) is 3. The third-order valence-corrected chi connectivity index (χ3v) is 8.30. The van der Waals surface area contributed by atoms with Crippen LogP contribution in [-0.2, 0) is 34.4 Å². The van der Waals surface area contributed by atoms with Crippen molar-refractivity contribution in [1.82, 2.24) is 0 Å². The first-order valence-corrected chi connectivity index (χ1v) is 15.6. The smallest absolute Gasteiger partial charge is 0.305 e. The number of carbonyl (C=O) groups is 1. The molecular weight excluding hydrogens is 568 g/mol. The number of fused-ring (bicyclic) bond motifs is 1. The molecule has 1 aliphatic rings. The number of rotatable bonds is 17. The molecule has 12 heteroatoms. The monoisotopic (exact) mass is 605 g/mol. The van der Waals surface area contributed by atoms with E-state index < -0.39 is 15.5 Å². The highest BCUT2D eigenvalue weighted by Gasteiger charge is 2.47. The minimum atomic E-state index is -4.11. The number of nitrogens with zero attached hydrogens (tertiary/aromatic N) is 1. The Labute approximate surface area is 245 Å². The number of benzene rings is 2. The van der Waals surface area contributed by atoms with Crippen LogP contribution in [-0.4, -0.2) is 53.9 Å². The molecule has 1 aliphatic heterocycles. The summed E-state index contributed by atoms with van der Waals surface area (Å²) in [5, 5.41) is 15.6. The van der Waals surface area contributed by atoms with Crippen LogP contribution in [0.4, 0.5) is 11.4 Å². The zero-order valence-corrected chi connectivity index (χ0v) is 24.8. The second-order valence-corrected chi connectivity index (χ2v) is 12.1. The Hall–Kier alpha value is -3.00. The van der Waals surface area contributed by atoms with Gasteiger partial charge in [0, 0.05) is 47.3 Å². The van der Waals surface area contributed by atoms with Crippen LogP contribution >= 0.6 is 12.0 Å². The fraction of sp³-hybridized carbons (Fsp3) is 0.379. The largest absolute Gasteiger partial charge is 0.469 e. The molecule has 0 amide bonds. The molecule has 2 aromatic rings. The lowest BCUT2D eigenvalue weighted by Crippen LogP contribution is -2.31. The molecule has 0 saturated carbocycles. The highest BCUT2D eigenvalue weighted by Crippen LogP contribution is 2.45. The number of carbonyl (C=O) groups excluding carboxylic acids is 1. The van der Waals surface area contributed by atoms with Gasteiger partial charge in [-0.3, -0.25) is 9.35 Å². The molecule has 0 saturated heterocycles. The summed E-state index contributed by atoms with van der Waals surface area (Å²) in [6.45, 7) is 2.51. The van der Waals surface area contributed by atoms with E-state index in [2.05, 4.69) is 26.2 Å². The predicted octanol–water partition coefficient (Wildman–Crippen LogP) is 6.05. The van der Waals surface area contributed by atoms with Gasteiger partial charge in [0.25, 0.3) is 10.1 Å². The molecule has 0 aliphatic carbocycles. The number of hydrogen-bond acceptors (Lipinski definition) is 9. The number of para-hydroxylation sites is 1. The molecule has 0 radical (unpaired) electrons. The molecule has 2 aromatic carbocycles. The van der Waals surface area contributed by atoms with Gasteiger partial charge in [0.2, 0.25) is 5.69 Å². The molecule has 1 atom stereocenters. The topological polar surface area (TPSA) is 134 Å². The summed E-state index contributed by atoms with van der Waals surface area (Å²) in [5.74, 6) is -0.581. The van der Waals surface area contributed by atoms with Crippen molar-refractivity contribution in [2.24, 2.45) is 0 Å². The van der Waals surface area contributed by atoms with E-state index >= 15 is 0 Å². The van der Waals surface area contributed by atoms with Crippen LogP contribution in [0.15, 0.2) is 77.9 Å². The summed E-state index contributed by atoms with van der Waals surface area (Å²) in [7, 11) is -2.72. The van der Waals surface area contributed by atoms with Crippen LogP contribution in [0.5, 0.6) is 0 Å². The van der Waals surface area contributed by atoms with Gasteiger partial charge >= 0.3 is 5.97 Å². The van der Waals surface area contributed by atoms with Gasteiger partial charge in [-0.05, 0) is 50.1 Å². The molecule has 41 heavy (non-hydrogen) atoms. The summed E-state index contributed by atoms with van der Waals surface area (Å²) in [6.07, 6.45) is 11.4. The van der Waals surface area contributed by atoms with E-state index in [0.29, 0.717) is 24.3 Å². The Kier molecular flexibility index (Phi) is 12.6. The lowest BCUT2D eigenvalue weighted by atomic mass is 9.75.